The predicted octanol–water partition coefficient (Wildman–Crippen LogP) is 2.08. The van der Waals surface area contributed by atoms with E-state index in [-0.39, 0.29) is 11.8 Å². The van der Waals surface area contributed by atoms with Crippen LogP contribution in [0.4, 0.5) is 0 Å². The van der Waals surface area contributed by atoms with Gasteiger partial charge in [-0.3, -0.25) is 0 Å². The number of rotatable bonds is 5. The molecule has 0 amide bonds. The van der Waals surface area contributed by atoms with Gasteiger partial charge in [-0.25, -0.2) is 17.9 Å². The maximum Gasteiger partial charge on any atom is 0.337 e. The number of esters is 1. The summed E-state index contributed by atoms with van der Waals surface area (Å²) < 4.78 is 32.1. The first kappa shape index (κ1) is 15.5. The number of sulfonamides is 1. The molecule has 0 spiro atoms. The summed E-state index contributed by atoms with van der Waals surface area (Å²) in [6.45, 7) is 0. The van der Waals surface area contributed by atoms with Crippen molar-refractivity contribution in [2.75, 3.05) is 7.11 Å². The van der Waals surface area contributed by atoms with Gasteiger partial charge in [0.15, 0.2) is 0 Å². The fourth-order valence-corrected chi connectivity index (χ4v) is 5.20. The fraction of sp³-hybridized carbons (Fsp3) is 0.562. The van der Waals surface area contributed by atoms with Crippen LogP contribution in [0.2, 0.25) is 0 Å². The quantitative estimate of drug-likeness (QED) is 0.842. The molecular formula is C16H21NO4S. The van der Waals surface area contributed by atoms with E-state index in [2.05, 4.69) is 9.46 Å². The highest BCUT2D eigenvalue weighted by molar-refractivity contribution is 7.88. The van der Waals surface area contributed by atoms with E-state index in [1.165, 1.54) is 20.0 Å². The first-order chi connectivity index (χ1) is 10.5. The lowest BCUT2D eigenvalue weighted by molar-refractivity contribution is 0.0600. The largest absolute Gasteiger partial charge is 0.465 e. The highest BCUT2D eigenvalue weighted by Gasteiger charge is 2.41. The van der Waals surface area contributed by atoms with Gasteiger partial charge < -0.3 is 4.74 Å². The third kappa shape index (κ3) is 3.33. The van der Waals surface area contributed by atoms with Crippen LogP contribution in [0.25, 0.3) is 0 Å². The number of methoxy groups -OCH3 is 1. The molecule has 0 saturated heterocycles. The molecule has 0 heterocycles. The summed E-state index contributed by atoms with van der Waals surface area (Å²) in [7, 11) is -2.03. The van der Waals surface area contributed by atoms with E-state index in [4.69, 9.17) is 0 Å². The first-order valence-electron chi connectivity index (χ1n) is 7.64. The molecule has 2 fully saturated rings. The number of nitrogens with one attached hydrogen (secondary N) is 1. The Morgan fingerprint density at radius 2 is 1.95 bits per heavy atom. The Morgan fingerprint density at radius 1 is 1.23 bits per heavy atom. The van der Waals surface area contributed by atoms with Crippen molar-refractivity contribution in [3.05, 3.63) is 35.4 Å². The van der Waals surface area contributed by atoms with Crippen molar-refractivity contribution in [2.45, 2.75) is 37.5 Å². The SMILES string of the molecule is COC(=O)c1ccc(CS(=O)(=O)N[C@@H]2C[C@H]3CC[C@@H]2C3)cc1. The van der Waals surface area contributed by atoms with E-state index in [0.717, 1.165) is 12.8 Å². The smallest absolute Gasteiger partial charge is 0.337 e. The maximum absolute atomic E-state index is 12.3. The summed E-state index contributed by atoms with van der Waals surface area (Å²) in [6.07, 6.45) is 4.54. The Morgan fingerprint density at radius 3 is 2.50 bits per heavy atom. The zero-order valence-electron chi connectivity index (χ0n) is 12.6. The normalized spacial score (nSPS) is 27.0. The molecule has 2 bridgehead atoms. The van der Waals surface area contributed by atoms with E-state index < -0.39 is 16.0 Å². The Labute approximate surface area is 131 Å². The van der Waals surface area contributed by atoms with E-state index in [9.17, 15) is 13.2 Å². The van der Waals surface area contributed by atoms with Crippen molar-refractivity contribution in [3.63, 3.8) is 0 Å². The minimum absolute atomic E-state index is 0.0532. The van der Waals surface area contributed by atoms with Crippen molar-refractivity contribution in [2.24, 2.45) is 11.8 Å². The molecule has 5 nitrogen and oxygen atoms in total. The standard InChI is InChI=1S/C16H21NO4S/c1-21-16(18)13-5-2-11(3-6-13)10-22(19,20)17-15-9-12-4-7-14(15)8-12/h2-3,5-6,12,14-15,17H,4,7-10H2,1H3/t12-,14+,15+/m0/s1. The van der Waals surface area contributed by atoms with Gasteiger partial charge in [-0.15, -0.1) is 0 Å². The van der Waals surface area contributed by atoms with Crippen LogP contribution in [0.1, 0.15) is 41.6 Å². The van der Waals surface area contributed by atoms with Crippen LogP contribution in [0.3, 0.4) is 0 Å². The van der Waals surface area contributed by atoms with E-state index in [0.29, 0.717) is 23.0 Å². The number of carbonyl (C=O) groups is 1. The summed E-state index contributed by atoms with van der Waals surface area (Å²) in [4.78, 5) is 11.4. The second-order valence-corrected chi connectivity index (χ2v) is 8.10. The van der Waals surface area contributed by atoms with Gasteiger partial charge in [0.2, 0.25) is 10.0 Å². The molecule has 1 aromatic carbocycles. The van der Waals surface area contributed by atoms with Crippen LogP contribution in [-0.4, -0.2) is 27.5 Å². The molecule has 0 aliphatic heterocycles. The van der Waals surface area contributed by atoms with Gasteiger partial charge in [0, 0.05) is 6.04 Å². The van der Waals surface area contributed by atoms with Crippen LogP contribution >= 0.6 is 0 Å². The number of carbonyl (C=O) groups excluding carboxylic acids is 1. The Hall–Kier alpha value is -1.40. The van der Waals surface area contributed by atoms with Gasteiger partial charge >= 0.3 is 5.97 Å². The summed E-state index contributed by atoms with van der Waals surface area (Å²) in [6, 6.07) is 6.61. The molecule has 22 heavy (non-hydrogen) atoms. The second-order valence-electron chi connectivity index (χ2n) is 6.35. The lowest BCUT2D eigenvalue weighted by Crippen LogP contribution is -2.39. The molecule has 3 rings (SSSR count). The van der Waals surface area contributed by atoms with E-state index in [1.54, 1.807) is 24.3 Å². The molecule has 2 aliphatic rings. The maximum atomic E-state index is 12.3. The molecule has 1 N–H and O–H groups in total. The fourth-order valence-electron chi connectivity index (χ4n) is 3.74. The average molecular weight is 323 g/mol. The highest BCUT2D eigenvalue weighted by atomic mass is 32.2. The van der Waals surface area contributed by atoms with Crippen LogP contribution in [0.15, 0.2) is 24.3 Å². The van der Waals surface area contributed by atoms with Gasteiger partial charge in [-0.05, 0) is 48.8 Å². The number of ether oxygens (including phenoxy) is 1. The van der Waals surface area contributed by atoms with Gasteiger partial charge in [-0.2, -0.15) is 0 Å². The molecule has 3 atom stereocenters. The molecule has 0 unspecified atom stereocenters. The topological polar surface area (TPSA) is 72.5 Å². The number of benzene rings is 1. The molecule has 1 aromatic rings. The Kier molecular flexibility index (Phi) is 4.23. The Bertz CT molecular complexity index is 653. The predicted molar refractivity (Wildman–Crippen MR) is 82.8 cm³/mol. The van der Waals surface area contributed by atoms with Crippen molar-refractivity contribution >= 4 is 16.0 Å². The summed E-state index contributed by atoms with van der Waals surface area (Å²) in [5.41, 5.74) is 1.09. The number of hydrogen-bond acceptors (Lipinski definition) is 4. The molecule has 2 aliphatic carbocycles. The minimum atomic E-state index is -3.35. The lowest BCUT2D eigenvalue weighted by Gasteiger charge is -2.22. The first-order valence-corrected chi connectivity index (χ1v) is 9.29. The van der Waals surface area contributed by atoms with E-state index >= 15 is 0 Å². The summed E-state index contributed by atoms with van der Waals surface area (Å²) in [5.74, 6) is 0.746. The van der Waals surface area contributed by atoms with Crippen molar-refractivity contribution in [1.29, 1.82) is 0 Å². The van der Waals surface area contributed by atoms with Crippen molar-refractivity contribution in [1.82, 2.24) is 4.72 Å². The van der Waals surface area contributed by atoms with Crippen LogP contribution in [-0.2, 0) is 20.5 Å². The average Bonchev–Trinajstić information content (AvgIpc) is 3.08. The second kappa shape index (κ2) is 6.01. The van der Waals surface area contributed by atoms with Gasteiger partial charge in [0.05, 0.1) is 18.4 Å². The van der Waals surface area contributed by atoms with Gasteiger partial charge in [0.25, 0.3) is 0 Å². The molecule has 2 saturated carbocycles. The van der Waals surface area contributed by atoms with Crippen molar-refractivity contribution in [3.8, 4) is 0 Å². The van der Waals surface area contributed by atoms with Gasteiger partial charge in [-0.1, -0.05) is 18.6 Å². The number of fused-ring (bicyclic) bond motifs is 2. The van der Waals surface area contributed by atoms with Gasteiger partial charge in [0.1, 0.15) is 0 Å². The van der Waals surface area contributed by atoms with Crippen LogP contribution in [0.5, 0.6) is 0 Å². The summed E-state index contributed by atoms with van der Waals surface area (Å²) >= 11 is 0. The van der Waals surface area contributed by atoms with E-state index in [1.807, 2.05) is 0 Å². The molecule has 6 heteroatoms. The molecular weight excluding hydrogens is 302 g/mol. The molecule has 0 radical (unpaired) electrons. The zero-order valence-corrected chi connectivity index (χ0v) is 13.4. The Balaban J connectivity index is 1.63. The summed E-state index contributed by atoms with van der Waals surface area (Å²) in [5, 5.41) is 0. The third-order valence-corrected chi connectivity index (χ3v) is 6.18. The zero-order chi connectivity index (χ0) is 15.7. The third-order valence-electron chi connectivity index (χ3n) is 4.80. The van der Waals surface area contributed by atoms with Crippen LogP contribution in [0, 0.1) is 11.8 Å². The monoisotopic (exact) mass is 323 g/mol. The molecule has 0 aromatic heterocycles. The molecule has 120 valence electrons. The highest BCUT2D eigenvalue weighted by Crippen LogP contribution is 2.44. The van der Waals surface area contributed by atoms with Crippen LogP contribution < -0.4 is 4.72 Å². The minimum Gasteiger partial charge on any atom is -0.465 e. The van der Waals surface area contributed by atoms with Crippen molar-refractivity contribution < 1.29 is 17.9 Å². The lowest BCUT2D eigenvalue weighted by atomic mass is 9.96. The number of hydrogen-bond donors (Lipinski definition) is 1.